The van der Waals surface area contributed by atoms with Gasteiger partial charge in [0.05, 0.1) is 12.5 Å². The van der Waals surface area contributed by atoms with Gasteiger partial charge in [-0.3, -0.25) is 4.79 Å². The average molecular weight is 318 g/mol. The Bertz CT molecular complexity index is 537. The lowest BCUT2D eigenvalue weighted by molar-refractivity contribution is -0.163. The zero-order valence-corrected chi connectivity index (χ0v) is 13.9. The lowest BCUT2D eigenvalue weighted by Crippen LogP contribution is -2.35. The minimum atomic E-state index is -0.434. The number of esters is 2. The lowest BCUT2D eigenvalue weighted by Gasteiger charge is -2.35. The Morgan fingerprint density at radius 3 is 2.52 bits per heavy atom. The maximum absolute atomic E-state index is 12.4. The van der Waals surface area contributed by atoms with Crippen LogP contribution in [0.3, 0.4) is 0 Å². The number of hydrogen-bond acceptors (Lipinski definition) is 4. The molecule has 4 heteroatoms. The standard InChI is InChI=1S/C19H26O4/c1-10(2)8-22-16(20)9-23-19(21)15-7-13-6-14(15)18-12-4-3-11(5-12)17(13)18/h3-4,10-15,17-18H,5-9H2,1-2H3. The molecule has 0 amide bonds. The Labute approximate surface area is 137 Å². The lowest BCUT2D eigenvalue weighted by atomic mass is 9.69. The van der Waals surface area contributed by atoms with Crippen molar-refractivity contribution in [2.45, 2.75) is 33.1 Å². The van der Waals surface area contributed by atoms with E-state index in [0.717, 1.165) is 18.3 Å². The highest BCUT2D eigenvalue weighted by Gasteiger charge is 2.62. The highest BCUT2D eigenvalue weighted by Crippen LogP contribution is 2.67. The van der Waals surface area contributed by atoms with Crippen LogP contribution in [-0.2, 0) is 19.1 Å². The van der Waals surface area contributed by atoms with Gasteiger partial charge in [-0.25, -0.2) is 4.79 Å². The molecule has 4 rings (SSSR count). The van der Waals surface area contributed by atoms with Gasteiger partial charge < -0.3 is 9.47 Å². The van der Waals surface area contributed by atoms with Gasteiger partial charge in [0.25, 0.3) is 0 Å². The molecular weight excluding hydrogens is 292 g/mol. The first-order valence-electron chi connectivity index (χ1n) is 9.05. The van der Waals surface area contributed by atoms with Crippen molar-refractivity contribution in [3.8, 4) is 0 Å². The molecular formula is C19H26O4. The summed E-state index contributed by atoms with van der Waals surface area (Å²) in [6.07, 6.45) is 8.22. The van der Waals surface area contributed by atoms with Gasteiger partial charge in [-0.2, -0.15) is 0 Å². The predicted octanol–water partition coefficient (Wildman–Crippen LogP) is 2.82. The average Bonchev–Trinajstić information content (AvgIpc) is 3.27. The van der Waals surface area contributed by atoms with E-state index in [-0.39, 0.29) is 18.5 Å². The van der Waals surface area contributed by atoms with Crippen molar-refractivity contribution in [3.63, 3.8) is 0 Å². The molecule has 0 aliphatic heterocycles. The molecule has 126 valence electrons. The van der Waals surface area contributed by atoms with Crippen molar-refractivity contribution in [2.75, 3.05) is 13.2 Å². The fourth-order valence-corrected chi connectivity index (χ4v) is 5.83. The summed E-state index contributed by atoms with van der Waals surface area (Å²) in [4.78, 5) is 24.0. The molecule has 7 atom stereocenters. The van der Waals surface area contributed by atoms with E-state index in [1.165, 1.54) is 12.8 Å². The number of fused-ring (bicyclic) bond motifs is 9. The quantitative estimate of drug-likeness (QED) is 0.444. The molecule has 3 saturated carbocycles. The summed E-state index contributed by atoms with van der Waals surface area (Å²) in [5.74, 6) is 3.81. The molecule has 4 bridgehead atoms. The largest absolute Gasteiger partial charge is 0.463 e. The van der Waals surface area contributed by atoms with Gasteiger partial charge in [-0.15, -0.1) is 0 Å². The molecule has 0 aromatic carbocycles. The van der Waals surface area contributed by atoms with Crippen molar-refractivity contribution < 1.29 is 19.1 Å². The topological polar surface area (TPSA) is 52.6 Å². The zero-order chi connectivity index (χ0) is 16.1. The maximum atomic E-state index is 12.4. The number of rotatable bonds is 5. The number of hydrogen-bond donors (Lipinski definition) is 0. The first-order valence-corrected chi connectivity index (χ1v) is 9.05. The van der Waals surface area contributed by atoms with Gasteiger partial charge in [0.15, 0.2) is 6.61 Å². The molecule has 0 heterocycles. The van der Waals surface area contributed by atoms with Gasteiger partial charge >= 0.3 is 11.9 Å². The third-order valence-corrected chi connectivity index (χ3v) is 6.48. The third-order valence-electron chi connectivity index (χ3n) is 6.48. The molecule has 0 aromatic heterocycles. The molecule has 0 radical (unpaired) electrons. The maximum Gasteiger partial charge on any atom is 0.344 e. The molecule has 4 aliphatic carbocycles. The van der Waals surface area contributed by atoms with E-state index >= 15 is 0 Å². The van der Waals surface area contributed by atoms with Crippen molar-refractivity contribution in [1.82, 2.24) is 0 Å². The summed E-state index contributed by atoms with van der Waals surface area (Å²) >= 11 is 0. The summed E-state index contributed by atoms with van der Waals surface area (Å²) in [7, 11) is 0. The van der Waals surface area contributed by atoms with Gasteiger partial charge in [-0.05, 0) is 60.7 Å². The van der Waals surface area contributed by atoms with Gasteiger partial charge in [-0.1, -0.05) is 26.0 Å². The van der Waals surface area contributed by atoms with Crippen LogP contribution in [0, 0.1) is 47.3 Å². The molecule has 3 fully saturated rings. The normalized spacial score (nSPS) is 42.3. The van der Waals surface area contributed by atoms with Crippen LogP contribution in [0.15, 0.2) is 12.2 Å². The molecule has 7 unspecified atom stereocenters. The van der Waals surface area contributed by atoms with Crippen LogP contribution in [0.5, 0.6) is 0 Å². The second-order valence-electron chi connectivity index (χ2n) is 8.29. The highest BCUT2D eigenvalue weighted by atomic mass is 16.6. The minimum Gasteiger partial charge on any atom is -0.463 e. The smallest absolute Gasteiger partial charge is 0.344 e. The summed E-state index contributed by atoms with van der Waals surface area (Å²) in [5.41, 5.74) is 0. The number of carbonyl (C=O) groups excluding carboxylic acids is 2. The summed E-state index contributed by atoms with van der Waals surface area (Å²) in [6, 6.07) is 0. The zero-order valence-electron chi connectivity index (χ0n) is 13.9. The Morgan fingerprint density at radius 2 is 1.78 bits per heavy atom. The Morgan fingerprint density at radius 1 is 1.04 bits per heavy atom. The van der Waals surface area contributed by atoms with E-state index in [0.29, 0.717) is 36.2 Å². The second-order valence-corrected chi connectivity index (χ2v) is 8.29. The first-order chi connectivity index (χ1) is 11.0. The van der Waals surface area contributed by atoms with E-state index in [1.807, 2.05) is 13.8 Å². The van der Waals surface area contributed by atoms with E-state index in [9.17, 15) is 9.59 Å². The van der Waals surface area contributed by atoms with E-state index in [2.05, 4.69) is 12.2 Å². The van der Waals surface area contributed by atoms with Gasteiger partial charge in [0, 0.05) is 0 Å². The molecule has 0 N–H and O–H groups in total. The van der Waals surface area contributed by atoms with Crippen molar-refractivity contribution in [3.05, 3.63) is 12.2 Å². The summed E-state index contributed by atoms with van der Waals surface area (Å²) in [6.45, 7) is 4.10. The van der Waals surface area contributed by atoms with Crippen LogP contribution in [-0.4, -0.2) is 25.2 Å². The number of allylic oxidation sites excluding steroid dienone is 2. The van der Waals surface area contributed by atoms with E-state index in [4.69, 9.17) is 9.47 Å². The van der Waals surface area contributed by atoms with Crippen molar-refractivity contribution >= 4 is 11.9 Å². The second kappa shape index (κ2) is 5.64. The van der Waals surface area contributed by atoms with Crippen LogP contribution in [0.2, 0.25) is 0 Å². The Hall–Kier alpha value is -1.32. The minimum absolute atomic E-state index is 0.00639. The number of ether oxygens (including phenoxy) is 2. The fourth-order valence-electron chi connectivity index (χ4n) is 5.83. The monoisotopic (exact) mass is 318 g/mol. The molecule has 0 aromatic rings. The van der Waals surface area contributed by atoms with Crippen molar-refractivity contribution in [1.29, 1.82) is 0 Å². The molecule has 0 spiro atoms. The first kappa shape index (κ1) is 15.2. The molecule has 4 nitrogen and oxygen atoms in total. The van der Waals surface area contributed by atoms with Gasteiger partial charge in [0.1, 0.15) is 0 Å². The van der Waals surface area contributed by atoms with Crippen LogP contribution >= 0.6 is 0 Å². The third kappa shape index (κ3) is 2.50. The van der Waals surface area contributed by atoms with Gasteiger partial charge in [0.2, 0.25) is 0 Å². The predicted molar refractivity (Wildman–Crippen MR) is 84.2 cm³/mol. The fraction of sp³-hybridized carbons (Fsp3) is 0.789. The summed E-state index contributed by atoms with van der Waals surface area (Å²) in [5, 5.41) is 0. The highest BCUT2D eigenvalue weighted by molar-refractivity contribution is 5.78. The Balaban J connectivity index is 1.31. The molecule has 0 saturated heterocycles. The summed E-state index contributed by atoms with van der Waals surface area (Å²) < 4.78 is 10.3. The molecule has 4 aliphatic rings. The van der Waals surface area contributed by atoms with E-state index in [1.54, 1.807) is 0 Å². The molecule has 23 heavy (non-hydrogen) atoms. The van der Waals surface area contributed by atoms with E-state index < -0.39 is 5.97 Å². The van der Waals surface area contributed by atoms with Crippen LogP contribution in [0.1, 0.15) is 33.1 Å². The van der Waals surface area contributed by atoms with Crippen molar-refractivity contribution in [2.24, 2.45) is 47.3 Å². The Kier molecular flexibility index (Phi) is 3.73. The van der Waals surface area contributed by atoms with Crippen LogP contribution in [0.4, 0.5) is 0 Å². The van der Waals surface area contributed by atoms with Crippen LogP contribution < -0.4 is 0 Å². The number of carbonyl (C=O) groups is 2. The van der Waals surface area contributed by atoms with Crippen LogP contribution in [0.25, 0.3) is 0 Å². The SMILES string of the molecule is CC(C)COC(=O)COC(=O)C1CC2CC1C1C3C=CC(C3)C21.